The third kappa shape index (κ3) is 2.04. The third-order valence-electron chi connectivity index (χ3n) is 5.64. The van der Waals surface area contributed by atoms with E-state index in [1.807, 2.05) is 6.07 Å². The molecule has 4 aliphatic rings. The zero-order valence-electron chi connectivity index (χ0n) is 12.0. The summed E-state index contributed by atoms with van der Waals surface area (Å²) in [7, 11) is 1.72. The molecule has 0 radical (unpaired) electrons. The van der Waals surface area contributed by atoms with Crippen LogP contribution in [0.2, 0.25) is 0 Å². The van der Waals surface area contributed by atoms with Crippen LogP contribution in [0.15, 0.2) is 6.07 Å². The molecule has 0 aromatic carbocycles. The van der Waals surface area contributed by atoms with Crippen molar-refractivity contribution in [2.75, 3.05) is 7.11 Å². The molecule has 4 saturated carbocycles. The molecule has 0 saturated heterocycles. The zero-order valence-corrected chi connectivity index (χ0v) is 12.8. The maximum atomic E-state index is 5.37. The Kier molecular flexibility index (Phi) is 3.00. The van der Waals surface area contributed by atoms with Gasteiger partial charge in [-0.1, -0.05) is 12.2 Å². The minimum atomic E-state index is 0.284. The van der Waals surface area contributed by atoms with Gasteiger partial charge in [0.2, 0.25) is 0 Å². The van der Waals surface area contributed by atoms with Crippen LogP contribution in [-0.4, -0.2) is 17.1 Å². The van der Waals surface area contributed by atoms with Crippen LogP contribution in [0, 0.1) is 22.4 Å². The molecule has 0 amide bonds. The third-order valence-corrected chi connectivity index (χ3v) is 5.85. The number of hydrogen-bond donors (Lipinski definition) is 1. The lowest BCUT2D eigenvalue weighted by molar-refractivity contribution is -0.00968. The summed E-state index contributed by atoms with van der Waals surface area (Å²) in [5.41, 5.74) is 1.35. The predicted octanol–water partition coefficient (Wildman–Crippen LogP) is 3.75. The second kappa shape index (κ2) is 4.63. The molecule has 20 heavy (non-hydrogen) atoms. The van der Waals surface area contributed by atoms with Gasteiger partial charge in [-0.15, -0.1) is 0 Å². The molecule has 0 spiro atoms. The Hall–Kier alpha value is -0.740. The highest BCUT2D eigenvalue weighted by molar-refractivity contribution is 7.71. The van der Waals surface area contributed by atoms with Crippen molar-refractivity contribution in [3.8, 4) is 0 Å². The number of aromatic nitrogens is 2. The number of hydrogen-bond acceptors (Lipinski definition) is 3. The van der Waals surface area contributed by atoms with E-state index in [2.05, 4.69) is 4.98 Å². The smallest absolute Gasteiger partial charge is 0.130 e. The fourth-order valence-corrected chi connectivity index (χ4v) is 5.63. The van der Waals surface area contributed by atoms with Crippen molar-refractivity contribution in [1.82, 2.24) is 9.97 Å². The number of ether oxygens (including phenoxy) is 1. The molecule has 4 aliphatic carbocycles. The topological polar surface area (TPSA) is 37.9 Å². The lowest BCUT2D eigenvalue weighted by atomic mass is 9.49. The molecule has 1 aromatic heterocycles. The summed E-state index contributed by atoms with van der Waals surface area (Å²) in [6.45, 7) is 0.589. The Balaban J connectivity index is 1.75. The SMILES string of the molecule is COCc1cc(=S)nc(C23CC4CC(CC(C4)C2)C3)[nH]1. The van der Waals surface area contributed by atoms with E-state index in [0.29, 0.717) is 11.2 Å². The van der Waals surface area contributed by atoms with Crippen LogP contribution in [0.4, 0.5) is 0 Å². The lowest BCUT2D eigenvalue weighted by Crippen LogP contribution is -2.49. The molecule has 0 aliphatic heterocycles. The van der Waals surface area contributed by atoms with Crippen molar-refractivity contribution < 1.29 is 4.74 Å². The molecule has 1 heterocycles. The average molecular weight is 290 g/mol. The number of aromatic amines is 1. The number of H-pyrrole nitrogens is 1. The van der Waals surface area contributed by atoms with Gasteiger partial charge in [-0.2, -0.15) is 0 Å². The van der Waals surface area contributed by atoms with Gasteiger partial charge in [0.05, 0.1) is 6.61 Å². The summed E-state index contributed by atoms with van der Waals surface area (Å²) in [6.07, 6.45) is 8.31. The van der Waals surface area contributed by atoms with Crippen LogP contribution in [0.1, 0.15) is 50.0 Å². The first-order valence-electron chi connectivity index (χ1n) is 7.76. The summed E-state index contributed by atoms with van der Waals surface area (Å²) < 4.78 is 5.96. The molecule has 3 nitrogen and oxygen atoms in total. The first-order valence-corrected chi connectivity index (χ1v) is 8.17. The van der Waals surface area contributed by atoms with Gasteiger partial charge in [-0.25, -0.2) is 4.98 Å². The Morgan fingerprint density at radius 3 is 2.40 bits per heavy atom. The van der Waals surface area contributed by atoms with Crippen molar-refractivity contribution in [3.05, 3.63) is 22.2 Å². The van der Waals surface area contributed by atoms with Gasteiger partial charge in [-0.3, -0.25) is 0 Å². The highest BCUT2D eigenvalue weighted by Gasteiger charge is 2.52. The normalized spacial score (nSPS) is 38.4. The molecular weight excluding hydrogens is 268 g/mol. The zero-order chi connectivity index (χ0) is 13.7. The number of methoxy groups -OCH3 is 1. The maximum Gasteiger partial charge on any atom is 0.130 e. The van der Waals surface area contributed by atoms with Crippen LogP contribution < -0.4 is 0 Å². The number of nitrogens with one attached hydrogen (secondary N) is 1. The van der Waals surface area contributed by atoms with Crippen LogP contribution in [0.25, 0.3) is 0 Å². The van der Waals surface area contributed by atoms with E-state index in [4.69, 9.17) is 21.9 Å². The Morgan fingerprint density at radius 1 is 1.25 bits per heavy atom. The van der Waals surface area contributed by atoms with Crippen molar-refractivity contribution >= 4 is 12.2 Å². The molecule has 0 unspecified atom stereocenters. The van der Waals surface area contributed by atoms with Crippen LogP contribution in [0.3, 0.4) is 0 Å². The van der Waals surface area contributed by atoms with Crippen LogP contribution in [0.5, 0.6) is 0 Å². The van der Waals surface area contributed by atoms with Gasteiger partial charge in [0.25, 0.3) is 0 Å². The largest absolute Gasteiger partial charge is 0.378 e. The van der Waals surface area contributed by atoms with E-state index in [1.54, 1.807) is 7.11 Å². The second-order valence-electron chi connectivity index (χ2n) is 7.22. The van der Waals surface area contributed by atoms with Gasteiger partial charge in [-0.05, 0) is 62.3 Å². The summed E-state index contributed by atoms with van der Waals surface area (Å²) in [5.74, 6) is 3.93. The minimum absolute atomic E-state index is 0.284. The summed E-state index contributed by atoms with van der Waals surface area (Å²) in [6, 6.07) is 1.93. The van der Waals surface area contributed by atoms with Crippen molar-refractivity contribution in [3.63, 3.8) is 0 Å². The van der Waals surface area contributed by atoms with Gasteiger partial charge < -0.3 is 9.72 Å². The maximum absolute atomic E-state index is 5.37. The molecule has 4 heteroatoms. The molecule has 108 valence electrons. The molecule has 0 atom stereocenters. The minimum Gasteiger partial charge on any atom is -0.378 e. The van der Waals surface area contributed by atoms with E-state index in [9.17, 15) is 0 Å². The van der Waals surface area contributed by atoms with Crippen LogP contribution in [-0.2, 0) is 16.8 Å². The summed E-state index contributed by atoms with van der Waals surface area (Å²) in [5, 5.41) is 0. The molecule has 1 aromatic rings. The average Bonchev–Trinajstić information content (AvgIpc) is 2.36. The predicted molar refractivity (Wildman–Crippen MR) is 80.0 cm³/mol. The van der Waals surface area contributed by atoms with Gasteiger partial charge in [0, 0.05) is 18.2 Å². The highest BCUT2D eigenvalue weighted by atomic mass is 32.1. The van der Waals surface area contributed by atoms with Crippen molar-refractivity contribution in [2.24, 2.45) is 17.8 Å². The monoisotopic (exact) mass is 290 g/mol. The Labute approximate surface area is 125 Å². The fourth-order valence-electron chi connectivity index (χ4n) is 5.39. The van der Waals surface area contributed by atoms with E-state index in [1.165, 1.54) is 38.5 Å². The number of rotatable bonds is 3. The fraction of sp³-hybridized carbons (Fsp3) is 0.750. The second-order valence-corrected chi connectivity index (χ2v) is 7.64. The molecule has 5 rings (SSSR count). The summed E-state index contributed by atoms with van der Waals surface area (Å²) in [4.78, 5) is 8.25. The first kappa shape index (κ1) is 13.0. The molecule has 1 N–H and O–H groups in total. The molecule has 4 fully saturated rings. The van der Waals surface area contributed by atoms with E-state index < -0.39 is 0 Å². The number of nitrogens with zero attached hydrogens (tertiary/aromatic N) is 1. The first-order chi connectivity index (χ1) is 9.67. The van der Waals surface area contributed by atoms with E-state index >= 15 is 0 Å². The molecule has 4 bridgehead atoms. The Bertz CT molecular complexity index is 545. The Morgan fingerprint density at radius 2 is 1.85 bits per heavy atom. The van der Waals surface area contributed by atoms with E-state index in [-0.39, 0.29) is 5.41 Å². The quantitative estimate of drug-likeness (QED) is 0.861. The van der Waals surface area contributed by atoms with Gasteiger partial charge >= 0.3 is 0 Å². The molecular formula is C16H22N2OS. The standard InChI is InChI=1S/C16H22N2OS/c1-19-9-13-5-14(20)18-15(17-13)16-6-10-2-11(7-16)4-12(3-10)8-16/h5,10-12H,2-4,6-9H2,1H3,(H,17,18,20). The van der Waals surface area contributed by atoms with Crippen molar-refractivity contribution in [2.45, 2.75) is 50.5 Å². The van der Waals surface area contributed by atoms with Crippen molar-refractivity contribution in [1.29, 1.82) is 0 Å². The highest BCUT2D eigenvalue weighted by Crippen LogP contribution is 2.60. The van der Waals surface area contributed by atoms with Gasteiger partial charge in [0.1, 0.15) is 10.5 Å². The van der Waals surface area contributed by atoms with E-state index in [0.717, 1.165) is 29.3 Å². The summed E-state index contributed by atoms with van der Waals surface area (Å²) >= 11 is 5.37. The van der Waals surface area contributed by atoms with Crippen LogP contribution >= 0.6 is 12.2 Å². The van der Waals surface area contributed by atoms with Gasteiger partial charge in [0.15, 0.2) is 0 Å². The lowest BCUT2D eigenvalue weighted by Gasteiger charge is -2.56.